The van der Waals surface area contributed by atoms with Crippen LogP contribution in [0.3, 0.4) is 0 Å². The van der Waals surface area contributed by atoms with E-state index in [-0.39, 0.29) is 11.5 Å². The average molecular weight is 233 g/mol. The van der Waals surface area contributed by atoms with Gasteiger partial charge in [0.05, 0.1) is 17.7 Å². The molecular formula is C11H11N3O3. The first kappa shape index (κ1) is 11.1. The van der Waals surface area contributed by atoms with Crippen LogP contribution in [0.4, 0.5) is 11.5 Å². The Morgan fingerprint density at radius 1 is 1.59 bits per heavy atom. The summed E-state index contributed by atoms with van der Waals surface area (Å²) in [5, 5.41) is 13.7. The van der Waals surface area contributed by atoms with Crippen molar-refractivity contribution in [2.24, 2.45) is 0 Å². The molecule has 2 aromatic heterocycles. The summed E-state index contributed by atoms with van der Waals surface area (Å²) in [5.74, 6) is 0.943. The van der Waals surface area contributed by atoms with Crippen LogP contribution in [0.15, 0.2) is 35.1 Å². The molecule has 0 aliphatic carbocycles. The van der Waals surface area contributed by atoms with E-state index in [0.29, 0.717) is 12.3 Å². The standard InChI is InChI=1S/C11H11N3O3/c1-8-5-10(14(15)16)11(12-6-8)13-7-9-3-2-4-17-9/h2-6H,7H2,1H3,(H,12,13). The van der Waals surface area contributed by atoms with E-state index in [1.807, 2.05) is 0 Å². The number of nitro groups is 1. The molecule has 2 aromatic rings. The molecular weight excluding hydrogens is 222 g/mol. The third-order valence-electron chi connectivity index (χ3n) is 2.21. The molecule has 0 saturated heterocycles. The van der Waals surface area contributed by atoms with Gasteiger partial charge in [-0.1, -0.05) is 0 Å². The quantitative estimate of drug-likeness (QED) is 0.648. The second-order valence-corrected chi connectivity index (χ2v) is 3.57. The number of anilines is 1. The van der Waals surface area contributed by atoms with E-state index >= 15 is 0 Å². The molecule has 0 fully saturated rings. The Morgan fingerprint density at radius 3 is 3.06 bits per heavy atom. The van der Waals surface area contributed by atoms with Crippen molar-refractivity contribution in [1.82, 2.24) is 4.98 Å². The largest absolute Gasteiger partial charge is 0.467 e. The van der Waals surface area contributed by atoms with Gasteiger partial charge >= 0.3 is 5.69 Å². The lowest BCUT2D eigenvalue weighted by molar-refractivity contribution is -0.384. The van der Waals surface area contributed by atoms with E-state index in [1.54, 1.807) is 31.5 Å². The predicted octanol–water partition coefficient (Wildman–Crippen LogP) is 2.50. The first-order chi connectivity index (χ1) is 8.16. The number of nitrogens with zero attached hydrogens (tertiary/aromatic N) is 2. The first-order valence-corrected chi connectivity index (χ1v) is 5.04. The van der Waals surface area contributed by atoms with Gasteiger partial charge in [-0.05, 0) is 24.6 Å². The number of rotatable bonds is 4. The summed E-state index contributed by atoms with van der Waals surface area (Å²) < 4.78 is 5.12. The summed E-state index contributed by atoms with van der Waals surface area (Å²) in [4.78, 5) is 14.4. The van der Waals surface area contributed by atoms with Gasteiger partial charge in [0.1, 0.15) is 5.76 Å². The molecule has 0 radical (unpaired) electrons. The van der Waals surface area contributed by atoms with Gasteiger partial charge in [-0.15, -0.1) is 0 Å². The van der Waals surface area contributed by atoms with Crippen LogP contribution in [0, 0.1) is 17.0 Å². The molecule has 0 aromatic carbocycles. The number of pyridine rings is 1. The van der Waals surface area contributed by atoms with E-state index < -0.39 is 4.92 Å². The van der Waals surface area contributed by atoms with Gasteiger partial charge in [0.15, 0.2) is 0 Å². The third kappa shape index (κ3) is 2.60. The van der Waals surface area contributed by atoms with Gasteiger partial charge in [-0.2, -0.15) is 0 Å². The van der Waals surface area contributed by atoms with Gasteiger partial charge < -0.3 is 9.73 Å². The van der Waals surface area contributed by atoms with E-state index in [9.17, 15) is 10.1 Å². The number of aromatic nitrogens is 1. The maximum atomic E-state index is 10.8. The zero-order valence-electron chi connectivity index (χ0n) is 9.21. The molecule has 0 unspecified atom stereocenters. The van der Waals surface area contributed by atoms with Crippen molar-refractivity contribution in [3.63, 3.8) is 0 Å². The summed E-state index contributed by atoms with van der Waals surface area (Å²) in [5.41, 5.74) is 0.719. The molecule has 2 heterocycles. The Morgan fingerprint density at radius 2 is 2.41 bits per heavy atom. The number of hydrogen-bond acceptors (Lipinski definition) is 5. The molecule has 0 atom stereocenters. The first-order valence-electron chi connectivity index (χ1n) is 5.04. The van der Waals surface area contributed by atoms with Crippen LogP contribution in [-0.4, -0.2) is 9.91 Å². The average Bonchev–Trinajstić information content (AvgIpc) is 2.80. The van der Waals surface area contributed by atoms with Crippen molar-refractivity contribution in [3.05, 3.63) is 52.1 Å². The van der Waals surface area contributed by atoms with E-state index in [1.165, 1.54) is 6.07 Å². The Labute approximate surface area is 97.4 Å². The highest BCUT2D eigenvalue weighted by atomic mass is 16.6. The summed E-state index contributed by atoms with van der Waals surface area (Å²) in [6.45, 7) is 2.13. The van der Waals surface area contributed by atoms with Crippen LogP contribution in [0.5, 0.6) is 0 Å². The van der Waals surface area contributed by atoms with Crippen LogP contribution in [0.25, 0.3) is 0 Å². The number of furan rings is 1. The van der Waals surface area contributed by atoms with Crippen molar-refractivity contribution in [3.8, 4) is 0 Å². The lowest BCUT2D eigenvalue weighted by Gasteiger charge is -2.04. The fraction of sp³-hybridized carbons (Fsp3) is 0.182. The van der Waals surface area contributed by atoms with Gasteiger partial charge in [-0.25, -0.2) is 4.98 Å². The molecule has 0 aliphatic rings. The van der Waals surface area contributed by atoms with Crippen molar-refractivity contribution in [2.75, 3.05) is 5.32 Å². The number of nitrogens with one attached hydrogen (secondary N) is 1. The molecule has 0 aliphatic heterocycles. The van der Waals surface area contributed by atoms with Gasteiger partial charge in [-0.3, -0.25) is 10.1 Å². The topological polar surface area (TPSA) is 81.2 Å². The maximum Gasteiger partial charge on any atom is 0.311 e. The minimum atomic E-state index is -0.454. The van der Waals surface area contributed by atoms with Crippen LogP contribution >= 0.6 is 0 Å². The zero-order chi connectivity index (χ0) is 12.3. The molecule has 0 spiro atoms. The number of aryl methyl sites for hydroxylation is 1. The van der Waals surface area contributed by atoms with Gasteiger partial charge in [0, 0.05) is 12.3 Å². The predicted molar refractivity (Wildman–Crippen MR) is 61.7 cm³/mol. The maximum absolute atomic E-state index is 10.8. The van der Waals surface area contributed by atoms with Crippen LogP contribution < -0.4 is 5.32 Å². The van der Waals surface area contributed by atoms with Crippen LogP contribution in [-0.2, 0) is 6.54 Å². The van der Waals surface area contributed by atoms with Crippen LogP contribution in [0.2, 0.25) is 0 Å². The highest BCUT2D eigenvalue weighted by Crippen LogP contribution is 2.22. The Kier molecular flexibility index (Phi) is 3.04. The Balaban J connectivity index is 2.17. The highest BCUT2D eigenvalue weighted by Gasteiger charge is 2.15. The zero-order valence-corrected chi connectivity index (χ0v) is 9.21. The van der Waals surface area contributed by atoms with Crippen molar-refractivity contribution in [2.45, 2.75) is 13.5 Å². The molecule has 88 valence electrons. The second-order valence-electron chi connectivity index (χ2n) is 3.57. The SMILES string of the molecule is Cc1cnc(NCc2ccco2)c([N+](=O)[O-])c1. The molecule has 0 bridgehead atoms. The minimum absolute atomic E-state index is 0.0310. The van der Waals surface area contributed by atoms with E-state index in [2.05, 4.69) is 10.3 Å². The van der Waals surface area contributed by atoms with Crippen LogP contribution in [0.1, 0.15) is 11.3 Å². The van der Waals surface area contributed by atoms with Crippen molar-refractivity contribution in [1.29, 1.82) is 0 Å². The molecule has 0 amide bonds. The van der Waals surface area contributed by atoms with Gasteiger partial charge in [0.2, 0.25) is 5.82 Å². The minimum Gasteiger partial charge on any atom is -0.467 e. The van der Waals surface area contributed by atoms with Gasteiger partial charge in [0.25, 0.3) is 0 Å². The fourth-order valence-corrected chi connectivity index (χ4v) is 1.41. The van der Waals surface area contributed by atoms with E-state index in [4.69, 9.17) is 4.42 Å². The lowest BCUT2D eigenvalue weighted by Crippen LogP contribution is -2.04. The molecule has 6 nitrogen and oxygen atoms in total. The normalized spacial score (nSPS) is 10.2. The fourth-order valence-electron chi connectivity index (χ4n) is 1.41. The smallest absolute Gasteiger partial charge is 0.311 e. The highest BCUT2D eigenvalue weighted by molar-refractivity contribution is 5.56. The monoisotopic (exact) mass is 233 g/mol. The number of hydrogen-bond donors (Lipinski definition) is 1. The summed E-state index contributed by atoms with van der Waals surface area (Å²) in [7, 11) is 0. The molecule has 17 heavy (non-hydrogen) atoms. The second kappa shape index (κ2) is 4.65. The van der Waals surface area contributed by atoms with Crippen molar-refractivity contribution < 1.29 is 9.34 Å². The lowest BCUT2D eigenvalue weighted by atomic mass is 10.3. The Hall–Kier alpha value is -2.37. The molecule has 2 rings (SSSR count). The third-order valence-corrected chi connectivity index (χ3v) is 2.21. The van der Waals surface area contributed by atoms with E-state index in [0.717, 1.165) is 5.56 Å². The van der Waals surface area contributed by atoms with Crippen molar-refractivity contribution >= 4 is 11.5 Å². The molecule has 0 saturated carbocycles. The summed E-state index contributed by atoms with van der Waals surface area (Å²) in [6, 6.07) is 5.03. The Bertz CT molecular complexity index is 523. The molecule has 6 heteroatoms. The summed E-state index contributed by atoms with van der Waals surface area (Å²) in [6.07, 6.45) is 3.13. The summed E-state index contributed by atoms with van der Waals surface area (Å²) >= 11 is 0. The molecule has 1 N–H and O–H groups in total.